The Balaban J connectivity index is 1.94. The van der Waals surface area contributed by atoms with E-state index in [0.29, 0.717) is 53.3 Å². The molecular formula is C21H31N3O4S. The number of hydrogen-bond donors (Lipinski definition) is 0. The molecule has 0 spiro atoms. The van der Waals surface area contributed by atoms with Crippen LogP contribution in [0.15, 0.2) is 17.0 Å². The molecule has 1 aromatic carbocycles. The van der Waals surface area contributed by atoms with Crippen molar-refractivity contribution in [1.82, 2.24) is 14.1 Å². The molecule has 1 fully saturated rings. The lowest BCUT2D eigenvalue weighted by Crippen LogP contribution is -2.38. The van der Waals surface area contributed by atoms with Gasteiger partial charge >= 0.3 is 0 Å². The van der Waals surface area contributed by atoms with E-state index in [2.05, 4.69) is 12.0 Å². The minimum Gasteiger partial charge on any atom is -0.493 e. The summed E-state index contributed by atoms with van der Waals surface area (Å²) >= 11 is 0. The zero-order chi connectivity index (χ0) is 21.3. The van der Waals surface area contributed by atoms with Crippen LogP contribution in [0.1, 0.15) is 42.3 Å². The van der Waals surface area contributed by atoms with Gasteiger partial charge in [-0.25, -0.2) is 8.42 Å². The first kappa shape index (κ1) is 21.6. The second-order valence-corrected chi connectivity index (χ2v) is 9.75. The third-order valence-electron chi connectivity index (χ3n) is 5.82. The molecule has 1 aliphatic heterocycles. The van der Waals surface area contributed by atoms with E-state index in [4.69, 9.17) is 9.47 Å². The molecule has 160 valence electrons. The Morgan fingerprint density at radius 3 is 2.24 bits per heavy atom. The summed E-state index contributed by atoms with van der Waals surface area (Å²) in [6, 6.07) is 3.84. The Morgan fingerprint density at radius 1 is 1.07 bits per heavy atom. The van der Waals surface area contributed by atoms with Crippen molar-refractivity contribution in [2.24, 2.45) is 5.92 Å². The van der Waals surface area contributed by atoms with E-state index in [1.807, 2.05) is 26.0 Å². The summed E-state index contributed by atoms with van der Waals surface area (Å²) in [5.74, 6) is 1.88. The second-order valence-electron chi connectivity index (χ2n) is 7.88. The molecule has 1 aromatic heterocycles. The summed E-state index contributed by atoms with van der Waals surface area (Å²) in [4.78, 5) is 0.338. The lowest BCUT2D eigenvalue weighted by atomic mass is 10.0. The molecule has 0 aliphatic carbocycles. The molecule has 0 unspecified atom stereocenters. The maximum absolute atomic E-state index is 13.3. The summed E-state index contributed by atoms with van der Waals surface area (Å²) in [6.07, 6.45) is 1.80. The van der Waals surface area contributed by atoms with Crippen molar-refractivity contribution in [2.45, 2.75) is 52.0 Å². The standard InChI is InChI=1S/C21H31N3O4S/c1-14-7-9-23(10-8-14)29(25,26)21-16(3)22-24(17(21)4)13-18-12-20(28-6)19(27-5)11-15(18)2/h11-12,14H,7-10,13H2,1-6H3. The zero-order valence-corrected chi connectivity index (χ0v) is 19.0. The molecule has 1 aliphatic rings. The van der Waals surface area contributed by atoms with Crippen LogP contribution in [0.2, 0.25) is 0 Å². The van der Waals surface area contributed by atoms with Crippen molar-refractivity contribution in [3.63, 3.8) is 0 Å². The molecule has 3 rings (SSSR count). The molecule has 0 bridgehead atoms. The second kappa shape index (κ2) is 8.36. The van der Waals surface area contributed by atoms with Crippen molar-refractivity contribution in [3.05, 3.63) is 34.6 Å². The largest absolute Gasteiger partial charge is 0.493 e. The summed E-state index contributed by atoms with van der Waals surface area (Å²) in [5, 5.41) is 4.56. The highest BCUT2D eigenvalue weighted by Gasteiger charge is 2.33. The first-order valence-corrected chi connectivity index (χ1v) is 11.4. The summed E-state index contributed by atoms with van der Waals surface area (Å²) in [7, 11) is -0.337. The fourth-order valence-electron chi connectivity index (χ4n) is 3.92. The zero-order valence-electron chi connectivity index (χ0n) is 18.2. The average Bonchev–Trinajstić information content (AvgIpc) is 2.97. The quantitative estimate of drug-likeness (QED) is 0.716. The van der Waals surface area contributed by atoms with Crippen LogP contribution in [-0.4, -0.2) is 49.8 Å². The third-order valence-corrected chi connectivity index (χ3v) is 7.97. The molecule has 29 heavy (non-hydrogen) atoms. The van der Waals surface area contributed by atoms with Crippen LogP contribution in [-0.2, 0) is 16.6 Å². The number of methoxy groups -OCH3 is 2. The van der Waals surface area contributed by atoms with E-state index < -0.39 is 10.0 Å². The van der Waals surface area contributed by atoms with Crippen LogP contribution in [0.5, 0.6) is 11.5 Å². The Morgan fingerprint density at radius 2 is 1.66 bits per heavy atom. The van der Waals surface area contributed by atoms with Crippen molar-refractivity contribution in [1.29, 1.82) is 0 Å². The summed E-state index contributed by atoms with van der Waals surface area (Å²) in [6.45, 7) is 9.37. The van der Waals surface area contributed by atoms with E-state index in [0.717, 1.165) is 24.0 Å². The van der Waals surface area contributed by atoms with E-state index in [1.54, 1.807) is 30.1 Å². The maximum atomic E-state index is 13.3. The van der Waals surface area contributed by atoms with Gasteiger partial charge in [0.25, 0.3) is 0 Å². The van der Waals surface area contributed by atoms with Gasteiger partial charge in [0.1, 0.15) is 4.90 Å². The van der Waals surface area contributed by atoms with Crippen LogP contribution < -0.4 is 9.47 Å². The van der Waals surface area contributed by atoms with Crippen LogP contribution in [0.4, 0.5) is 0 Å². The lowest BCUT2D eigenvalue weighted by molar-refractivity contribution is 0.288. The number of nitrogens with zero attached hydrogens (tertiary/aromatic N) is 3. The van der Waals surface area contributed by atoms with Crippen molar-refractivity contribution < 1.29 is 17.9 Å². The maximum Gasteiger partial charge on any atom is 0.246 e. The van der Waals surface area contributed by atoms with E-state index >= 15 is 0 Å². The normalized spacial score (nSPS) is 16.2. The molecular weight excluding hydrogens is 390 g/mol. The molecule has 2 aromatic rings. The van der Waals surface area contributed by atoms with Gasteiger partial charge in [-0.1, -0.05) is 6.92 Å². The predicted octanol–water partition coefficient (Wildman–Crippen LogP) is 3.29. The van der Waals surface area contributed by atoms with E-state index in [9.17, 15) is 8.42 Å². The lowest BCUT2D eigenvalue weighted by Gasteiger charge is -2.29. The van der Waals surface area contributed by atoms with Gasteiger partial charge < -0.3 is 9.47 Å². The smallest absolute Gasteiger partial charge is 0.246 e. The number of benzene rings is 1. The number of piperidine rings is 1. The number of sulfonamides is 1. The molecule has 2 heterocycles. The van der Waals surface area contributed by atoms with Gasteiger partial charge in [0.15, 0.2) is 11.5 Å². The molecule has 7 nitrogen and oxygen atoms in total. The number of aryl methyl sites for hydroxylation is 2. The number of ether oxygens (including phenoxy) is 2. The first-order valence-electron chi connectivity index (χ1n) is 9.94. The van der Waals surface area contributed by atoms with Crippen LogP contribution >= 0.6 is 0 Å². The number of rotatable bonds is 6. The van der Waals surface area contributed by atoms with Crippen molar-refractivity contribution in [2.75, 3.05) is 27.3 Å². The minimum absolute atomic E-state index is 0.338. The number of aromatic nitrogens is 2. The molecule has 8 heteroatoms. The first-order chi connectivity index (χ1) is 13.7. The highest BCUT2D eigenvalue weighted by Crippen LogP contribution is 2.32. The molecule has 0 N–H and O–H groups in total. The van der Waals surface area contributed by atoms with Crippen LogP contribution in [0, 0.1) is 26.7 Å². The van der Waals surface area contributed by atoms with E-state index in [-0.39, 0.29) is 0 Å². The topological polar surface area (TPSA) is 73.7 Å². The molecule has 0 saturated carbocycles. The van der Waals surface area contributed by atoms with Gasteiger partial charge in [-0.05, 0) is 62.8 Å². The minimum atomic E-state index is -3.55. The molecule has 1 saturated heterocycles. The van der Waals surface area contributed by atoms with Gasteiger partial charge in [-0.2, -0.15) is 9.40 Å². The fraction of sp³-hybridized carbons (Fsp3) is 0.571. The molecule has 0 radical (unpaired) electrons. The van der Waals surface area contributed by atoms with Crippen molar-refractivity contribution >= 4 is 10.0 Å². The summed E-state index contributed by atoms with van der Waals surface area (Å²) in [5.41, 5.74) is 3.24. The molecule has 0 atom stereocenters. The number of hydrogen-bond acceptors (Lipinski definition) is 5. The van der Waals surface area contributed by atoms with Gasteiger partial charge in [0, 0.05) is 13.1 Å². The highest BCUT2D eigenvalue weighted by atomic mass is 32.2. The third kappa shape index (κ3) is 4.14. The Kier molecular flexibility index (Phi) is 6.24. The van der Waals surface area contributed by atoms with Gasteiger partial charge in [0.2, 0.25) is 10.0 Å². The van der Waals surface area contributed by atoms with Crippen molar-refractivity contribution in [3.8, 4) is 11.5 Å². The molecule has 0 amide bonds. The SMILES string of the molecule is COc1cc(C)c(Cn2nc(C)c(S(=O)(=O)N3CCC(C)CC3)c2C)cc1OC. The van der Waals surface area contributed by atoms with Gasteiger partial charge in [-0.15, -0.1) is 0 Å². The fourth-order valence-corrected chi connectivity index (χ4v) is 5.76. The Bertz CT molecular complexity index is 990. The average molecular weight is 422 g/mol. The highest BCUT2D eigenvalue weighted by molar-refractivity contribution is 7.89. The summed E-state index contributed by atoms with van der Waals surface area (Å²) < 4.78 is 40.7. The van der Waals surface area contributed by atoms with Gasteiger partial charge in [-0.3, -0.25) is 4.68 Å². The van der Waals surface area contributed by atoms with E-state index in [1.165, 1.54) is 0 Å². The predicted molar refractivity (Wildman–Crippen MR) is 112 cm³/mol. The van der Waals surface area contributed by atoms with Gasteiger partial charge in [0.05, 0.1) is 32.2 Å². The van der Waals surface area contributed by atoms with Crippen LogP contribution in [0.3, 0.4) is 0 Å². The van der Waals surface area contributed by atoms with Crippen LogP contribution in [0.25, 0.3) is 0 Å². The monoisotopic (exact) mass is 421 g/mol. The Hall–Kier alpha value is -2.06. The Labute approximate surface area is 173 Å².